The average Bonchev–Trinajstić information content (AvgIpc) is 2.78. The highest BCUT2D eigenvalue weighted by atomic mass is 31.2. The molecule has 0 aliphatic carbocycles. The fraction of sp³-hybridized carbons (Fsp3) is 0.900. The van der Waals surface area contributed by atoms with Crippen LogP contribution in [0, 0.1) is 0 Å². The standard InChI is InChI=1S/C10H19N2O4P/c13-10(8-4-1-2-6-11-8)12-7-3-5-9(12)17(14,15)16/h8-9,11H,1-7H2,(H2,14,15,16)/t8-,9+/m0/s1. The van der Waals surface area contributed by atoms with Crippen LogP contribution in [-0.4, -0.2) is 45.5 Å². The molecule has 0 aromatic heterocycles. The van der Waals surface area contributed by atoms with Crippen molar-refractivity contribution in [3.05, 3.63) is 0 Å². The second-order valence-electron chi connectivity index (χ2n) is 4.75. The maximum Gasteiger partial charge on any atom is 0.347 e. The molecule has 2 fully saturated rings. The van der Waals surface area contributed by atoms with Crippen molar-refractivity contribution in [3.63, 3.8) is 0 Å². The van der Waals surface area contributed by atoms with Gasteiger partial charge in [0.1, 0.15) is 5.78 Å². The van der Waals surface area contributed by atoms with Gasteiger partial charge in [0, 0.05) is 6.54 Å². The second kappa shape index (κ2) is 5.06. The number of rotatable bonds is 2. The van der Waals surface area contributed by atoms with Gasteiger partial charge in [-0.2, -0.15) is 0 Å². The SMILES string of the molecule is O=C([C@@H]1CCCCN1)N1CCC[C@H]1P(=O)(O)O. The molecule has 1 amide bonds. The summed E-state index contributed by atoms with van der Waals surface area (Å²) in [6.07, 6.45) is 3.91. The number of piperidine rings is 1. The summed E-state index contributed by atoms with van der Waals surface area (Å²) < 4.78 is 11.3. The minimum Gasteiger partial charge on any atom is -0.327 e. The maximum atomic E-state index is 12.2. The van der Waals surface area contributed by atoms with E-state index in [0.29, 0.717) is 19.4 Å². The van der Waals surface area contributed by atoms with Gasteiger partial charge in [-0.25, -0.2) is 0 Å². The molecule has 3 N–H and O–H groups in total. The summed E-state index contributed by atoms with van der Waals surface area (Å²) in [5.74, 6) is -1.05. The highest BCUT2D eigenvalue weighted by molar-refractivity contribution is 7.52. The van der Waals surface area contributed by atoms with Crippen molar-refractivity contribution < 1.29 is 19.1 Å². The first-order valence-corrected chi connectivity index (χ1v) is 7.77. The molecule has 0 unspecified atom stereocenters. The Bertz CT molecular complexity index is 337. The van der Waals surface area contributed by atoms with E-state index >= 15 is 0 Å². The molecule has 2 aliphatic heterocycles. The zero-order chi connectivity index (χ0) is 12.5. The van der Waals surface area contributed by atoms with E-state index < -0.39 is 13.4 Å². The van der Waals surface area contributed by atoms with E-state index in [1.54, 1.807) is 0 Å². The number of amides is 1. The molecule has 0 saturated carbocycles. The van der Waals surface area contributed by atoms with Crippen molar-refractivity contribution in [3.8, 4) is 0 Å². The van der Waals surface area contributed by atoms with Gasteiger partial charge in [-0.05, 0) is 32.2 Å². The van der Waals surface area contributed by atoms with Crippen molar-refractivity contribution in [2.24, 2.45) is 0 Å². The van der Waals surface area contributed by atoms with Gasteiger partial charge in [0.15, 0.2) is 0 Å². The number of nitrogens with one attached hydrogen (secondary N) is 1. The Morgan fingerprint density at radius 2 is 2.00 bits per heavy atom. The lowest BCUT2D eigenvalue weighted by atomic mass is 10.0. The molecule has 2 atom stereocenters. The number of nitrogens with zero attached hydrogens (tertiary/aromatic N) is 1. The third-order valence-corrected chi connectivity index (χ3v) is 4.81. The molecule has 2 rings (SSSR count). The Morgan fingerprint density at radius 3 is 2.59 bits per heavy atom. The quantitative estimate of drug-likeness (QED) is 0.621. The van der Waals surface area contributed by atoms with Crippen molar-refractivity contribution in [1.82, 2.24) is 10.2 Å². The lowest BCUT2D eigenvalue weighted by Crippen LogP contribution is -2.49. The van der Waals surface area contributed by atoms with Gasteiger partial charge in [0.25, 0.3) is 0 Å². The highest BCUT2D eigenvalue weighted by Crippen LogP contribution is 2.48. The predicted octanol–water partition coefficient (Wildman–Crippen LogP) is 0.255. The molecule has 98 valence electrons. The summed E-state index contributed by atoms with van der Waals surface area (Å²) in [4.78, 5) is 32.0. The molecular formula is C10H19N2O4P. The molecule has 0 aromatic rings. The number of carbonyl (C=O) groups excluding carboxylic acids is 1. The summed E-state index contributed by atoms with van der Waals surface area (Å²) in [6.45, 7) is 1.28. The van der Waals surface area contributed by atoms with Crippen molar-refractivity contribution in [2.45, 2.75) is 43.9 Å². The van der Waals surface area contributed by atoms with Crippen LogP contribution in [0.3, 0.4) is 0 Å². The van der Waals surface area contributed by atoms with Crippen molar-refractivity contribution in [1.29, 1.82) is 0 Å². The van der Waals surface area contributed by atoms with E-state index in [1.807, 2.05) is 0 Å². The lowest BCUT2D eigenvalue weighted by Gasteiger charge is -2.31. The number of hydrogen-bond acceptors (Lipinski definition) is 3. The van der Waals surface area contributed by atoms with Crippen molar-refractivity contribution in [2.75, 3.05) is 13.1 Å². The Balaban J connectivity index is 2.05. The third-order valence-electron chi connectivity index (χ3n) is 3.50. The lowest BCUT2D eigenvalue weighted by molar-refractivity contribution is -0.133. The van der Waals surface area contributed by atoms with Crippen LogP contribution < -0.4 is 5.32 Å². The zero-order valence-electron chi connectivity index (χ0n) is 9.71. The van der Waals surface area contributed by atoms with Crippen LogP contribution in [0.5, 0.6) is 0 Å². The van der Waals surface area contributed by atoms with E-state index in [0.717, 1.165) is 25.8 Å². The van der Waals surface area contributed by atoms with Crippen LogP contribution in [0.4, 0.5) is 0 Å². The molecule has 0 spiro atoms. The number of hydrogen-bond donors (Lipinski definition) is 3. The second-order valence-corrected chi connectivity index (χ2v) is 6.52. The van der Waals surface area contributed by atoms with Gasteiger partial charge < -0.3 is 20.0 Å². The predicted molar refractivity (Wildman–Crippen MR) is 62.4 cm³/mol. The number of likely N-dealkylation sites (tertiary alicyclic amines) is 1. The summed E-state index contributed by atoms with van der Waals surface area (Å²) >= 11 is 0. The first-order valence-electron chi connectivity index (χ1n) is 6.09. The fourth-order valence-electron chi connectivity index (χ4n) is 2.62. The molecule has 2 aliphatic rings. The van der Waals surface area contributed by atoms with Crippen molar-refractivity contribution >= 4 is 13.5 Å². The van der Waals surface area contributed by atoms with Crippen LogP contribution in [0.1, 0.15) is 32.1 Å². The Kier molecular flexibility index (Phi) is 3.88. The average molecular weight is 262 g/mol. The summed E-state index contributed by atoms with van der Waals surface area (Å²) in [5, 5.41) is 3.12. The molecule has 0 bridgehead atoms. The Morgan fingerprint density at radius 1 is 1.24 bits per heavy atom. The molecule has 2 saturated heterocycles. The molecule has 7 heteroatoms. The molecule has 17 heavy (non-hydrogen) atoms. The maximum absolute atomic E-state index is 12.2. The van der Waals surface area contributed by atoms with E-state index in [2.05, 4.69) is 5.32 Å². The van der Waals surface area contributed by atoms with E-state index in [1.165, 1.54) is 4.90 Å². The zero-order valence-corrected chi connectivity index (χ0v) is 10.6. The van der Waals surface area contributed by atoms with Gasteiger partial charge in [-0.15, -0.1) is 0 Å². The first-order chi connectivity index (χ1) is 8.00. The molecule has 0 aromatic carbocycles. The van der Waals surface area contributed by atoms with E-state index in [4.69, 9.17) is 0 Å². The number of carbonyl (C=O) groups is 1. The van der Waals surface area contributed by atoms with E-state index in [-0.39, 0.29) is 11.9 Å². The van der Waals surface area contributed by atoms with Crippen LogP contribution in [0.15, 0.2) is 0 Å². The molecule has 0 radical (unpaired) electrons. The summed E-state index contributed by atoms with van der Waals surface area (Å²) in [6, 6.07) is -0.254. The van der Waals surface area contributed by atoms with Crippen LogP contribution >= 0.6 is 7.60 Å². The van der Waals surface area contributed by atoms with Gasteiger partial charge >= 0.3 is 7.60 Å². The smallest absolute Gasteiger partial charge is 0.327 e. The Hall–Kier alpha value is -0.420. The fourth-order valence-corrected chi connectivity index (χ4v) is 3.73. The van der Waals surface area contributed by atoms with Crippen LogP contribution in [-0.2, 0) is 9.36 Å². The van der Waals surface area contributed by atoms with Crippen LogP contribution in [0.25, 0.3) is 0 Å². The summed E-state index contributed by atoms with van der Waals surface area (Å²) in [5.41, 5.74) is 0. The first kappa shape index (κ1) is 13.0. The Labute approximate surface area is 101 Å². The van der Waals surface area contributed by atoms with Gasteiger partial charge in [0.2, 0.25) is 5.91 Å². The van der Waals surface area contributed by atoms with Gasteiger partial charge in [0.05, 0.1) is 6.04 Å². The monoisotopic (exact) mass is 262 g/mol. The molecule has 2 heterocycles. The molecular weight excluding hydrogens is 243 g/mol. The molecule has 6 nitrogen and oxygen atoms in total. The minimum atomic E-state index is -4.20. The van der Waals surface area contributed by atoms with Gasteiger partial charge in [-0.1, -0.05) is 6.42 Å². The largest absolute Gasteiger partial charge is 0.347 e. The van der Waals surface area contributed by atoms with E-state index in [9.17, 15) is 19.1 Å². The topological polar surface area (TPSA) is 89.9 Å². The third kappa shape index (κ3) is 2.88. The normalized spacial score (nSPS) is 30.6. The highest BCUT2D eigenvalue weighted by Gasteiger charge is 2.42. The van der Waals surface area contributed by atoms with Crippen LogP contribution in [0.2, 0.25) is 0 Å². The minimum absolute atomic E-state index is 0.143. The summed E-state index contributed by atoms with van der Waals surface area (Å²) in [7, 11) is -4.20. The van der Waals surface area contributed by atoms with Gasteiger partial charge in [-0.3, -0.25) is 9.36 Å².